The van der Waals surface area contributed by atoms with Crippen LogP contribution in [-0.2, 0) is 6.61 Å². The van der Waals surface area contributed by atoms with Crippen molar-refractivity contribution < 1.29 is 19.4 Å². The van der Waals surface area contributed by atoms with Crippen LogP contribution in [0.3, 0.4) is 0 Å². The van der Waals surface area contributed by atoms with Gasteiger partial charge in [-0.2, -0.15) is 0 Å². The summed E-state index contributed by atoms with van der Waals surface area (Å²) < 4.78 is 10.9. The Bertz CT molecular complexity index is 620. The first-order valence-electron chi connectivity index (χ1n) is 6.20. The third-order valence-corrected chi connectivity index (χ3v) is 2.98. The fourth-order valence-electron chi connectivity index (χ4n) is 1.95. The Hall–Kier alpha value is -2.49. The van der Waals surface area contributed by atoms with Crippen LogP contribution in [0.4, 0.5) is 0 Å². The molecule has 0 aromatic heterocycles. The van der Waals surface area contributed by atoms with E-state index in [9.17, 15) is 4.79 Å². The predicted molar refractivity (Wildman–Crippen MR) is 75.5 cm³/mol. The first-order valence-corrected chi connectivity index (χ1v) is 6.20. The van der Waals surface area contributed by atoms with Gasteiger partial charge in [-0.05, 0) is 36.2 Å². The molecule has 2 aromatic rings. The molecule has 0 bridgehead atoms. The van der Waals surface area contributed by atoms with Crippen molar-refractivity contribution in [2.24, 2.45) is 0 Å². The SMILES string of the molecule is COc1ccccc1OCc1ccc(C(=O)O)c(C)c1. The molecule has 0 amide bonds. The van der Waals surface area contributed by atoms with Gasteiger partial charge in [0.2, 0.25) is 0 Å². The third kappa shape index (κ3) is 3.09. The zero-order valence-electron chi connectivity index (χ0n) is 11.4. The van der Waals surface area contributed by atoms with Crippen molar-refractivity contribution in [1.82, 2.24) is 0 Å². The van der Waals surface area contributed by atoms with Crippen LogP contribution in [0.1, 0.15) is 21.5 Å². The van der Waals surface area contributed by atoms with Crippen LogP contribution < -0.4 is 9.47 Å². The molecule has 0 aliphatic heterocycles. The summed E-state index contributed by atoms with van der Waals surface area (Å²) in [6.45, 7) is 2.14. The van der Waals surface area contributed by atoms with Crippen molar-refractivity contribution >= 4 is 5.97 Å². The lowest BCUT2D eigenvalue weighted by Gasteiger charge is -2.11. The number of carbonyl (C=O) groups is 1. The predicted octanol–water partition coefficient (Wildman–Crippen LogP) is 3.28. The van der Waals surface area contributed by atoms with E-state index in [-0.39, 0.29) is 0 Å². The molecule has 0 atom stereocenters. The lowest BCUT2D eigenvalue weighted by Crippen LogP contribution is -2.02. The van der Waals surface area contributed by atoms with E-state index in [1.54, 1.807) is 26.2 Å². The van der Waals surface area contributed by atoms with Crippen molar-refractivity contribution in [3.8, 4) is 11.5 Å². The fourth-order valence-corrected chi connectivity index (χ4v) is 1.95. The van der Waals surface area contributed by atoms with Gasteiger partial charge >= 0.3 is 5.97 Å². The van der Waals surface area contributed by atoms with Gasteiger partial charge in [0, 0.05) is 0 Å². The molecule has 4 nitrogen and oxygen atoms in total. The Morgan fingerprint density at radius 1 is 1.15 bits per heavy atom. The van der Waals surface area contributed by atoms with E-state index < -0.39 is 5.97 Å². The largest absolute Gasteiger partial charge is 0.493 e. The summed E-state index contributed by atoms with van der Waals surface area (Å²) in [4.78, 5) is 10.9. The topological polar surface area (TPSA) is 55.8 Å². The Balaban J connectivity index is 2.11. The van der Waals surface area contributed by atoms with Gasteiger partial charge in [0.05, 0.1) is 12.7 Å². The molecule has 0 unspecified atom stereocenters. The molecule has 0 radical (unpaired) electrons. The monoisotopic (exact) mass is 272 g/mol. The minimum absolute atomic E-state index is 0.311. The second-order valence-electron chi connectivity index (χ2n) is 4.39. The molecule has 0 fully saturated rings. The number of hydrogen-bond acceptors (Lipinski definition) is 3. The van der Waals surface area contributed by atoms with Gasteiger partial charge in [-0.25, -0.2) is 4.79 Å². The van der Waals surface area contributed by atoms with Crippen LogP contribution in [0.25, 0.3) is 0 Å². The first kappa shape index (κ1) is 13.9. The van der Waals surface area contributed by atoms with Gasteiger partial charge in [0.1, 0.15) is 6.61 Å². The highest BCUT2D eigenvalue weighted by Crippen LogP contribution is 2.26. The van der Waals surface area contributed by atoms with E-state index in [1.807, 2.05) is 30.3 Å². The normalized spacial score (nSPS) is 10.1. The Morgan fingerprint density at radius 2 is 1.85 bits per heavy atom. The molecule has 0 spiro atoms. The maximum atomic E-state index is 10.9. The minimum Gasteiger partial charge on any atom is -0.493 e. The third-order valence-electron chi connectivity index (χ3n) is 2.98. The summed E-state index contributed by atoms with van der Waals surface area (Å²) in [5.74, 6) is 0.418. The zero-order chi connectivity index (χ0) is 14.5. The van der Waals surface area contributed by atoms with Gasteiger partial charge in [-0.1, -0.05) is 24.3 Å². The summed E-state index contributed by atoms with van der Waals surface area (Å²) in [7, 11) is 1.59. The standard InChI is InChI=1S/C16H16O4/c1-11-9-12(7-8-13(11)16(17)18)10-20-15-6-4-3-5-14(15)19-2/h3-9H,10H2,1-2H3,(H,17,18). The number of methoxy groups -OCH3 is 1. The molecule has 0 saturated carbocycles. The summed E-state index contributed by atoms with van der Waals surface area (Å²) in [6, 6.07) is 12.6. The van der Waals surface area contributed by atoms with Crippen LogP contribution >= 0.6 is 0 Å². The number of benzene rings is 2. The van der Waals surface area contributed by atoms with Gasteiger partial charge in [-0.3, -0.25) is 0 Å². The van der Waals surface area contributed by atoms with Crippen molar-refractivity contribution in [2.45, 2.75) is 13.5 Å². The van der Waals surface area contributed by atoms with E-state index in [0.29, 0.717) is 23.7 Å². The smallest absolute Gasteiger partial charge is 0.335 e. The molecule has 2 aromatic carbocycles. The summed E-state index contributed by atoms with van der Waals surface area (Å²) in [6.07, 6.45) is 0. The number of aromatic carboxylic acids is 1. The summed E-state index contributed by atoms with van der Waals surface area (Å²) in [5.41, 5.74) is 1.95. The van der Waals surface area contributed by atoms with Gasteiger partial charge < -0.3 is 14.6 Å². The van der Waals surface area contributed by atoms with E-state index in [4.69, 9.17) is 14.6 Å². The number of aryl methyl sites for hydroxylation is 1. The van der Waals surface area contributed by atoms with Gasteiger partial charge in [0.25, 0.3) is 0 Å². The number of carboxylic acids is 1. The van der Waals surface area contributed by atoms with E-state index >= 15 is 0 Å². The molecule has 0 saturated heterocycles. The van der Waals surface area contributed by atoms with Crippen molar-refractivity contribution in [3.63, 3.8) is 0 Å². The number of ether oxygens (including phenoxy) is 2. The zero-order valence-corrected chi connectivity index (χ0v) is 11.4. The molecule has 2 rings (SSSR count). The van der Waals surface area contributed by atoms with Crippen LogP contribution in [0.2, 0.25) is 0 Å². The molecule has 0 heterocycles. The lowest BCUT2D eigenvalue weighted by molar-refractivity contribution is 0.0696. The Labute approximate surface area is 117 Å². The van der Waals surface area contributed by atoms with Crippen molar-refractivity contribution in [2.75, 3.05) is 7.11 Å². The maximum absolute atomic E-state index is 10.9. The molecule has 104 valence electrons. The van der Waals surface area contributed by atoms with Crippen LogP contribution in [0.5, 0.6) is 11.5 Å². The van der Waals surface area contributed by atoms with Crippen molar-refractivity contribution in [1.29, 1.82) is 0 Å². The minimum atomic E-state index is -0.917. The molecular weight excluding hydrogens is 256 g/mol. The number of rotatable bonds is 5. The highest BCUT2D eigenvalue weighted by Gasteiger charge is 2.08. The summed E-state index contributed by atoms with van der Waals surface area (Å²) in [5, 5.41) is 8.98. The van der Waals surface area contributed by atoms with E-state index in [1.165, 1.54) is 0 Å². The van der Waals surface area contributed by atoms with Crippen LogP contribution in [-0.4, -0.2) is 18.2 Å². The highest BCUT2D eigenvalue weighted by molar-refractivity contribution is 5.89. The quantitative estimate of drug-likeness (QED) is 0.907. The van der Waals surface area contributed by atoms with Crippen LogP contribution in [0.15, 0.2) is 42.5 Å². The molecule has 0 aliphatic carbocycles. The second kappa shape index (κ2) is 6.10. The van der Waals surface area contributed by atoms with Gasteiger partial charge in [0.15, 0.2) is 11.5 Å². The van der Waals surface area contributed by atoms with E-state index in [0.717, 1.165) is 11.1 Å². The fraction of sp³-hybridized carbons (Fsp3) is 0.188. The number of hydrogen-bond donors (Lipinski definition) is 1. The molecule has 0 aliphatic rings. The number of carboxylic acid groups (broad SMARTS) is 1. The first-order chi connectivity index (χ1) is 9.61. The highest BCUT2D eigenvalue weighted by atomic mass is 16.5. The summed E-state index contributed by atoms with van der Waals surface area (Å²) >= 11 is 0. The average Bonchev–Trinajstić information content (AvgIpc) is 2.45. The van der Waals surface area contributed by atoms with Gasteiger partial charge in [-0.15, -0.1) is 0 Å². The molecule has 1 N–H and O–H groups in total. The molecule has 20 heavy (non-hydrogen) atoms. The van der Waals surface area contributed by atoms with E-state index in [2.05, 4.69) is 0 Å². The maximum Gasteiger partial charge on any atom is 0.335 e. The van der Waals surface area contributed by atoms with Crippen LogP contribution in [0, 0.1) is 6.92 Å². The molecular formula is C16H16O4. The van der Waals surface area contributed by atoms with Crippen molar-refractivity contribution in [3.05, 3.63) is 59.2 Å². The second-order valence-corrected chi connectivity index (χ2v) is 4.39. The Morgan fingerprint density at radius 3 is 2.45 bits per heavy atom. The lowest BCUT2D eigenvalue weighted by atomic mass is 10.1. The number of para-hydroxylation sites is 2. The molecule has 4 heteroatoms. The Kier molecular flexibility index (Phi) is 4.25. The average molecular weight is 272 g/mol.